The molecule has 1 aromatic heterocycles. The van der Waals surface area contributed by atoms with E-state index in [-0.39, 0.29) is 10.8 Å². The van der Waals surface area contributed by atoms with Crippen molar-refractivity contribution in [2.24, 2.45) is 5.41 Å². The first-order valence-corrected chi connectivity index (χ1v) is 11.0. The summed E-state index contributed by atoms with van der Waals surface area (Å²) in [6, 6.07) is 8.89. The molecule has 2 nitrogen and oxygen atoms in total. The van der Waals surface area contributed by atoms with Gasteiger partial charge in [-0.05, 0) is 49.1 Å². The number of benzene rings is 1. The maximum atomic E-state index is 13.6. The molecule has 0 N–H and O–H groups in total. The van der Waals surface area contributed by atoms with Crippen LogP contribution in [-0.4, -0.2) is 10.8 Å². The third-order valence-corrected chi connectivity index (χ3v) is 7.86. The van der Waals surface area contributed by atoms with Crippen molar-refractivity contribution >= 4 is 17.1 Å². The molecule has 3 heteroatoms. The van der Waals surface area contributed by atoms with E-state index in [9.17, 15) is 4.79 Å². The summed E-state index contributed by atoms with van der Waals surface area (Å²) >= 11 is 1.83. The normalized spacial score (nSPS) is 26.4. The summed E-state index contributed by atoms with van der Waals surface area (Å²) in [5, 5.41) is 1.13. The average Bonchev–Trinajstić information content (AvgIpc) is 2.87. The minimum atomic E-state index is -0.254. The van der Waals surface area contributed by atoms with E-state index in [2.05, 4.69) is 45.0 Å². The summed E-state index contributed by atoms with van der Waals surface area (Å²) < 4.78 is 0. The summed E-state index contributed by atoms with van der Waals surface area (Å²) in [6.45, 7) is 6.60. The average molecular weight is 378 g/mol. The zero-order valence-electron chi connectivity index (χ0n) is 16.5. The Kier molecular flexibility index (Phi) is 3.78. The fraction of sp³-hybridized carbons (Fsp3) is 0.500. The lowest BCUT2D eigenvalue weighted by molar-refractivity contribution is -0.118. The lowest BCUT2D eigenvalue weighted by atomic mass is 9.58. The molecule has 5 rings (SSSR count). The fourth-order valence-corrected chi connectivity index (χ4v) is 7.04. The molecule has 3 aliphatic carbocycles. The van der Waals surface area contributed by atoms with Gasteiger partial charge in [-0.1, -0.05) is 50.1 Å². The first kappa shape index (κ1) is 17.4. The Bertz CT molecular complexity index is 980. The molecule has 0 saturated heterocycles. The van der Waals surface area contributed by atoms with Gasteiger partial charge >= 0.3 is 0 Å². The number of nitrogens with zero attached hydrogens (tertiary/aromatic N) is 1. The molecule has 1 heterocycles. The van der Waals surface area contributed by atoms with Crippen molar-refractivity contribution in [3.8, 4) is 0 Å². The lowest BCUT2D eigenvalue weighted by Gasteiger charge is -2.45. The zero-order valence-corrected chi connectivity index (χ0v) is 17.3. The predicted octanol–water partition coefficient (Wildman–Crippen LogP) is 5.71. The van der Waals surface area contributed by atoms with Crippen LogP contribution in [-0.2, 0) is 23.1 Å². The highest BCUT2D eigenvalue weighted by molar-refractivity contribution is 7.12. The standard InChI is InChI=1S/C24H27NOS/c1-15-25-19-12-17-13-23(2,3)14-20(26)21(17)24(22(19)27-15)11-7-6-9-16-8-4-5-10-18(16)24/h4-5,8,10H,6-7,9,11-14H2,1-3H3. The van der Waals surface area contributed by atoms with Crippen molar-refractivity contribution in [3.05, 3.63) is 62.1 Å². The number of aromatic nitrogens is 1. The molecular formula is C24H27NOS. The van der Waals surface area contributed by atoms with Crippen LogP contribution in [0.15, 0.2) is 35.4 Å². The Morgan fingerprint density at radius 3 is 2.78 bits per heavy atom. The van der Waals surface area contributed by atoms with Gasteiger partial charge in [0.1, 0.15) is 0 Å². The molecule has 1 atom stereocenters. The highest BCUT2D eigenvalue weighted by Gasteiger charge is 2.51. The molecule has 1 spiro atoms. The SMILES string of the molecule is Cc1nc2c(s1)C1(CCCCc3ccccc31)C1=C(C2)CC(C)(C)CC1=O. The van der Waals surface area contributed by atoms with Gasteiger partial charge in [0.05, 0.1) is 16.1 Å². The highest BCUT2D eigenvalue weighted by atomic mass is 32.1. The van der Waals surface area contributed by atoms with Crippen LogP contribution in [0.25, 0.3) is 0 Å². The highest BCUT2D eigenvalue weighted by Crippen LogP contribution is 2.57. The van der Waals surface area contributed by atoms with Gasteiger partial charge in [-0.25, -0.2) is 4.98 Å². The molecule has 0 amide bonds. The number of allylic oxidation sites excluding steroid dienone is 2. The van der Waals surface area contributed by atoms with Crippen molar-refractivity contribution < 1.29 is 4.79 Å². The molecule has 3 aliphatic rings. The number of ketones is 1. The second kappa shape index (κ2) is 5.88. The third-order valence-electron chi connectivity index (χ3n) is 6.69. The number of fused-ring (bicyclic) bond motifs is 5. The first-order valence-electron chi connectivity index (χ1n) is 10.2. The molecule has 0 radical (unpaired) electrons. The molecule has 0 saturated carbocycles. The zero-order chi connectivity index (χ0) is 18.8. The Balaban J connectivity index is 1.86. The van der Waals surface area contributed by atoms with Gasteiger partial charge in [-0.15, -0.1) is 11.3 Å². The van der Waals surface area contributed by atoms with E-state index in [0.29, 0.717) is 12.2 Å². The van der Waals surface area contributed by atoms with E-state index in [1.807, 2.05) is 11.3 Å². The number of rotatable bonds is 0. The maximum Gasteiger partial charge on any atom is 0.160 e. The van der Waals surface area contributed by atoms with E-state index < -0.39 is 0 Å². The van der Waals surface area contributed by atoms with Gasteiger partial charge < -0.3 is 0 Å². The molecule has 27 heavy (non-hydrogen) atoms. The Labute approximate surface area is 165 Å². The number of hydrogen-bond donors (Lipinski definition) is 0. The molecule has 0 fully saturated rings. The summed E-state index contributed by atoms with van der Waals surface area (Å²) in [5.41, 5.74) is 6.36. The summed E-state index contributed by atoms with van der Waals surface area (Å²) in [4.78, 5) is 19.9. The quantitative estimate of drug-likeness (QED) is 0.589. The number of aryl methyl sites for hydroxylation is 2. The number of Topliss-reactive ketones (excluding diaryl/α,β-unsaturated/α-hetero) is 1. The van der Waals surface area contributed by atoms with Crippen molar-refractivity contribution in [1.82, 2.24) is 4.98 Å². The summed E-state index contributed by atoms with van der Waals surface area (Å²) in [7, 11) is 0. The van der Waals surface area contributed by atoms with E-state index in [0.717, 1.165) is 36.3 Å². The minimum absolute atomic E-state index is 0.0594. The Hall–Kier alpha value is -1.74. The van der Waals surface area contributed by atoms with Crippen molar-refractivity contribution in [2.75, 3.05) is 0 Å². The molecule has 0 aliphatic heterocycles. The van der Waals surface area contributed by atoms with Crippen LogP contribution in [0.3, 0.4) is 0 Å². The van der Waals surface area contributed by atoms with E-state index in [1.165, 1.54) is 40.1 Å². The topological polar surface area (TPSA) is 30.0 Å². The molecule has 1 aromatic carbocycles. The van der Waals surface area contributed by atoms with Crippen LogP contribution in [0.2, 0.25) is 0 Å². The van der Waals surface area contributed by atoms with Crippen LogP contribution in [0.1, 0.15) is 72.7 Å². The Morgan fingerprint density at radius 1 is 1.11 bits per heavy atom. The summed E-state index contributed by atoms with van der Waals surface area (Å²) in [5.74, 6) is 0.384. The van der Waals surface area contributed by atoms with Gasteiger partial charge in [0.2, 0.25) is 0 Å². The second-order valence-corrected chi connectivity index (χ2v) is 10.6. The predicted molar refractivity (Wildman–Crippen MR) is 110 cm³/mol. The molecule has 0 bridgehead atoms. The van der Waals surface area contributed by atoms with Gasteiger partial charge in [-0.2, -0.15) is 0 Å². The minimum Gasteiger partial charge on any atom is -0.294 e. The maximum absolute atomic E-state index is 13.6. The second-order valence-electron chi connectivity index (χ2n) is 9.37. The molecule has 2 aromatic rings. The van der Waals surface area contributed by atoms with Crippen LogP contribution in [0, 0.1) is 12.3 Å². The van der Waals surface area contributed by atoms with Crippen molar-refractivity contribution in [1.29, 1.82) is 0 Å². The van der Waals surface area contributed by atoms with E-state index in [1.54, 1.807) is 0 Å². The van der Waals surface area contributed by atoms with Crippen LogP contribution < -0.4 is 0 Å². The number of hydrogen-bond acceptors (Lipinski definition) is 3. The molecular weight excluding hydrogens is 350 g/mol. The van der Waals surface area contributed by atoms with Gasteiger partial charge in [0.15, 0.2) is 5.78 Å². The van der Waals surface area contributed by atoms with Crippen molar-refractivity contribution in [3.63, 3.8) is 0 Å². The van der Waals surface area contributed by atoms with Gasteiger partial charge in [-0.3, -0.25) is 4.79 Å². The van der Waals surface area contributed by atoms with Crippen LogP contribution in [0.4, 0.5) is 0 Å². The first-order chi connectivity index (χ1) is 12.9. The number of carbonyl (C=O) groups is 1. The monoisotopic (exact) mass is 377 g/mol. The molecule has 140 valence electrons. The van der Waals surface area contributed by atoms with Gasteiger partial charge in [0, 0.05) is 23.3 Å². The van der Waals surface area contributed by atoms with E-state index >= 15 is 0 Å². The fourth-order valence-electron chi connectivity index (χ4n) is 5.87. The van der Waals surface area contributed by atoms with Crippen molar-refractivity contribution in [2.45, 2.75) is 71.1 Å². The third kappa shape index (κ3) is 2.51. The number of carbonyl (C=O) groups excluding carboxylic acids is 1. The largest absolute Gasteiger partial charge is 0.294 e. The summed E-state index contributed by atoms with van der Waals surface area (Å²) in [6.07, 6.45) is 7.09. The lowest BCUT2D eigenvalue weighted by Crippen LogP contribution is -2.42. The van der Waals surface area contributed by atoms with E-state index in [4.69, 9.17) is 4.98 Å². The van der Waals surface area contributed by atoms with Crippen LogP contribution in [0.5, 0.6) is 0 Å². The molecule has 1 unspecified atom stereocenters. The van der Waals surface area contributed by atoms with Gasteiger partial charge in [0.25, 0.3) is 0 Å². The number of thiazole rings is 1. The Morgan fingerprint density at radius 2 is 1.93 bits per heavy atom. The van der Waals surface area contributed by atoms with Crippen LogP contribution >= 0.6 is 11.3 Å². The smallest absolute Gasteiger partial charge is 0.160 e.